The topological polar surface area (TPSA) is 101 Å². The van der Waals surface area contributed by atoms with Crippen molar-refractivity contribution in [2.24, 2.45) is 0 Å². The fourth-order valence-corrected chi connectivity index (χ4v) is 3.17. The number of rotatable bonds is 5. The quantitative estimate of drug-likeness (QED) is 0.866. The van der Waals surface area contributed by atoms with Gasteiger partial charge in [0.15, 0.2) is 5.69 Å². The number of amides is 1. The van der Waals surface area contributed by atoms with Crippen molar-refractivity contribution in [1.82, 2.24) is 15.1 Å². The molecule has 1 aliphatic carbocycles. The van der Waals surface area contributed by atoms with Gasteiger partial charge in [-0.05, 0) is 38.3 Å². The van der Waals surface area contributed by atoms with Gasteiger partial charge in [0.2, 0.25) is 5.43 Å². The van der Waals surface area contributed by atoms with E-state index in [1.807, 2.05) is 13.0 Å². The predicted octanol–water partition coefficient (Wildman–Crippen LogP) is 1.54. The van der Waals surface area contributed by atoms with Crippen molar-refractivity contribution in [2.45, 2.75) is 44.7 Å². The highest BCUT2D eigenvalue weighted by Gasteiger charge is 2.41. The van der Waals surface area contributed by atoms with E-state index < -0.39 is 22.8 Å². The molecule has 126 valence electrons. The Kier molecular flexibility index (Phi) is 4.09. The molecule has 1 amide bonds. The molecule has 0 unspecified atom stereocenters. The van der Waals surface area contributed by atoms with Crippen molar-refractivity contribution in [3.8, 4) is 0 Å². The van der Waals surface area contributed by atoms with E-state index in [0.717, 1.165) is 6.42 Å². The van der Waals surface area contributed by atoms with E-state index in [4.69, 9.17) is 5.11 Å². The third-order valence-corrected chi connectivity index (χ3v) is 4.56. The minimum atomic E-state index is -0.965. The molecule has 2 aromatic rings. The molecule has 0 bridgehead atoms. The molecule has 1 fully saturated rings. The van der Waals surface area contributed by atoms with Crippen molar-refractivity contribution >= 4 is 22.8 Å². The van der Waals surface area contributed by atoms with Gasteiger partial charge in [-0.1, -0.05) is 12.1 Å². The molecule has 2 N–H and O–H groups in total. The zero-order valence-electron chi connectivity index (χ0n) is 13.4. The number of carboxylic acid groups (broad SMARTS) is 1. The zero-order valence-corrected chi connectivity index (χ0v) is 13.4. The maximum atomic E-state index is 12.6. The summed E-state index contributed by atoms with van der Waals surface area (Å²) < 4.78 is 1.61. The van der Waals surface area contributed by atoms with E-state index in [0.29, 0.717) is 30.3 Å². The van der Waals surface area contributed by atoms with Gasteiger partial charge in [-0.25, -0.2) is 0 Å². The Labute approximate surface area is 138 Å². The molecule has 0 spiro atoms. The number of fused-ring (bicyclic) bond motifs is 1. The maximum Gasteiger partial charge on any atom is 0.305 e. The molecule has 1 aromatic heterocycles. The van der Waals surface area contributed by atoms with Crippen LogP contribution >= 0.6 is 0 Å². The van der Waals surface area contributed by atoms with E-state index in [1.54, 1.807) is 22.9 Å². The monoisotopic (exact) mass is 329 g/mol. The van der Waals surface area contributed by atoms with Crippen LogP contribution in [0.2, 0.25) is 0 Å². The number of carboxylic acids is 1. The normalized spacial score (nSPS) is 15.7. The summed E-state index contributed by atoms with van der Waals surface area (Å²) >= 11 is 0. The van der Waals surface area contributed by atoms with Gasteiger partial charge in [0, 0.05) is 11.9 Å². The van der Waals surface area contributed by atoms with Crippen molar-refractivity contribution < 1.29 is 14.7 Å². The lowest BCUT2D eigenvalue weighted by Gasteiger charge is -2.41. The van der Waals surface area contributed by atoms with Crippen LogP contribution in [0.4, 0.5) is 0 Å². The molecule has 7 nitrogen and oxygen atoms in total. The second kappa shape index (κ2) is 6.07. The van der Waals surface area contributed by atoms with Crippen LogP contribution in [0.1, 0.15) is 43.1 Å². The summed E-state index contributed by atoms with van der Waals surface area (Å²) in [7, 11) is 0. The fourth-order valence-electron chi connectivity index (χ4n) is 3.17. The molecule has 1 aliphatic rings. The van der Waals surface area contributed by atoms with E-state index >= 15 is 0 Å². The molecule has 3 rings (SSSR count). The number of para-hydroxylation sites is 1. The molecule has 1 heterocycles. The lowest BCUT2D eigenvalue weighted by atomic mass is 9.74. The lowest BCUT2D eigenvalue weighted by molar-refractivity contribution is -0.139. The van der Waals surface area contributed by atoms with Crippen molar-refractivity contribution in [2.75, 3.05) is 0 Å². The van der Waals surface area contributed by atoms with E-state index in [2.05, 4.69) is 10.4 Å². The highest BCUT2D eigenvalue weighted by atomic mass is 16.4. The van der Waals surface area contributed by atoms with Gasteiger partial charge in [-0.15, -0.1) is 0 Å². The number of aromatic nitrogens is 2. The number of aliphatic carboxylic acids is 1. The van der Waals surface area contributed by atoms with Crippen LogP contribution in [0.3, 0.4) is 0 Å². The Hall–Kier alpha value is -2.70. The van der Waals surface area contributed by atoms with Crippen molar-refractivity contribution in [3.05, 3.63) is 40.2 Å². The third-order valence-electron chi connectivity index (χ3n) is 4.56. The summed E-state index contributed by atoms with van der Waals surface area (Å²) in [6.45, 7) is 2.39. The van der Waals surface area contributed by atoms with Gasteiger partial charge in [-0.3, -0.25) is 19.1 Å². The first-order chi connectivity index (χ1) is 11.5. The number of aryl methyl sites for hydroxylation is 1. The van der Waals surface area contributed by atoms with Gasteiger partial charge in [0.05, 0.1) is 17.5 Å². The highest BCUT2D eigenvalue weighted by Crippen LogP contribution is 2.35. The average molecular weight is 329 g/mol. The Morgan fingerprint density at radius 1 is 1.33 bits per heavy atom. The molecule has 0 saturated heterocycles. The van der Waals surface area contributed by atoms with Gasteiger partial charge >= 0.3 is 5.97 Å². The number of hydrogen-bond donors (Lipinski definition) is 2. The first-order valence-electron chi connectivity index (χ1n) is 8.00. The predicted molar refractivity (Wildman–Crippen MR) is 88.0 cm³/mol. The summed E-state index contributed by atoms with van der Waals surface area (Å²) in [5, 5.41) is 16.4. The third kappa shape index (κ3) is 2.77. The number of carbonyl (C=O) groups is 2. The lowest BCUT2D eigenvalue weighted by Crippen LogP contribution is -2.55. The zero-order chi connectivity index (χ0) is 17.3. The molecule has 7 heteroatoms. The van der Waals surface area contributed by atoms with Gasteiger partial charge in [0.25, 0.3) is 5.91 Å². The largest absolute Gasteiger partial charge is 0.481 e. The molecule has 0 aliphatic heterocycles. The number of nitrogens with zero attached hydrogens (tertiary/aromatic N) is 2. The standard InChI is InChI=1S/C17H19N3O4/c1-2-20-12-7-4-3-6-11(12)15(23)14(19-20)16(24)18-17(8-5-9-17)10-13(21)22/h3-4,6-7H,2,5,8-10H2,1H3,(H,18,24)(H,21,22). The summed E-state index contributed by atoms with van der Waals surface area (Å²) in [6, 6.07) is 7.00. The summed E-state index contributed by atoms with van der Waals surface area (Å²) in [5.74, 6) is -1.57. The SMILES string of the molecule is CCn1nc(C(=O)NC2(CC(=O)O)CCC2)c(=O)c2ccccc21. The van der Waals surface area contributed by atoms with E-state index in [9.17, 15) is 14.4 Å². The van der Waals surface area contributed by atoms with Crippen LogP contribution in [0.25, 0.3) is 10.9 Å². The van der Waals surface area contributed by atoms with Crippen LogP contribution < -0.4 is 10.7 Å². The second-order valence-electron chi connectivity index (χ2n) is 6.17. The summed E-state index contributed by atoms with van der Waals surface area (Å²) in [5.41, 5.74) is -0.713. The van der Waals surface area contributed by atoms with E-state index in [1.165, 1.54) is 0 Å². The van der Waals surface area contributed by atoms with Gasteiger partial charge in [-0.2, -0.15) is 5.10 Å². The molecule has 24 heavy (non-hydrogen) atoms. The van der Waals surface area contributed by atoms with Crippen LogP contribution in [0.5, 0.6) is 0 Å². The average Bonchev–Trinajstić information content (AvgIpc) is 2.53. The van der Waals surface area contributed by atoms with Gasteiger partial charge < -0.3 is 10.4 Å². The summed E-state index contributed by atoms with van der Waals surface area (Å²) in [6.07, 6.45) is 1.91. The highest BCUT2D eigenvalue weighted by molar-refractivity contribution is 5.96. The molecular weight excluding hydrogens is 310 g/mol. The molecule has 1 aromatic carbocycles. The second-order valence-corrected chi connectivity index (χ2v) is 6.17. The van der Waals surface area contributed by atoms with Crippen molar-refractivity contribution in [1.29, 1.82) is 0 Å². The number of hydrogen-bond acceptors (Lipinski definition) is 4. The Balaban J connectivity index is 2.00. The minimum Gasteiger partial charge on any atom is -0.481 e. The summed E-state index contributed by atoms with van der Waals surface area (Å²) in [4.78, 5) is 36.2. The maximum absolute atomic E-state index is 12.6. The first-order valence-corrected chi connectivity index (χ1v) is 8.00. The fraction of sp³-hybridized carbons (Fsp3) is 0.412. The van der Waals surface area contributed by atoms with E-state index in [-0.39, 0.29) is 12.1 Å². The number of carbonyl (C=O) groups excluding carboxylic acids is 1. The Morgan fingerprint density at radius 2 is 2.04 bits per heavy atom. The molecule has 1 saturated carbocycles. The van der Waals surface area contributed by atoms with Gasteiger partial charge in [0.1, 0.15) is 0 Å². The van der Waals surface area contributed by atoms with Crippen LogP contribution in [0.15, 0.2) is 29.1 Å². The first kappa shape index (κ1) is 16.2. The number of benzene rings is 1. The number of nitrogens with one attached hydrogen (secondary N) is 1. The minimum absolute atomic E-state index is 0.145. The molecular formula is C17H19N3O4. The van der Waals surface area contributed by atoms with Crippen LogP contribution in [0, 0.1) is 0 Å². The molecule has 0 radical (unpaired) electrons. The molecule has 0 atom stereocenters. The van der Waals surface area contributed by atoms with Crippen molar-refractivity contribution in [3.63, 3.8) is 0 Å². The Morgan fingerprint density at radius 3 is 2.62 bits per heavy atom. The Bertz CT molecular complexity index is 868. The smallest absolute Gasteiger partial charge is 0.305 e. The van der Waals surface area contributed by atoms with Crippen LogP contribution in [-0.4, -0.2) is 32.3 Å². The van der Waals surface area contributed by atoms with Crippen LogP contribution in [-0.2, 0) is 11.3 Å².